The number of aromatic nitrogens is 1. The number of carbonyl (C=O) groups is 2. The van der Waals surface area contributed by atoms with E-state index in [2.05, 4.69) is 47.4 Å². The van der Waals surface area contributed by atoms with Gasteiger partial charge in [0.05, 0.1) is 16.3 Å². The summed E-state index contributed by atoms with van der Waals surface area (Å²) >= 11 is 6.78. The van der Waals surface area contributed by atoms with E-state index in [0.29, 0.717) is 26.9 Å². The van der Waals surface area contributed by atoms with Crippen LogP contribution in [0, 0.1) is 0 Å². The lowest BCUT2D eigenvalue weighted by Gasteiger charge is -2.10. The van der Waals surface area contributed by atoms with Gasteiger partial charge in [0.15, 0.2) is 5.75 Å². The fraction of sp³-hybridized carbons (Fsp3) is 0. The van der Waals surface area contributed by atoms with Crippen LogP contribution in [0.3, 0.4) is 0 Å². The number of ether oxygens (including phenoxy) is 1. The van der Waals surface area contributed by atoms with Crippen molar-refractivity contribution in [2.24, 2.45) is 5.10 Å². The summed E-state index contributed by atoms with van der Waals surface area (Å²) in [6, 6.07) is 15.3. The molecule has 8 heteroatoms. The zero-order chi connectivity index (χ0) is 19.9. The Bertz CT molecular complexity index is 1030. The maximum absolute atomic E-state index is 12.4. The summed E-state index contributed by atoms with van der Waals surface area (Å²) in [5.41, 5.74) is 3.78. The zero-order valence-corrected chi connectivity index (χ0v) is 17.5. The molecular weight excluding hydrogens is 490 g/mol. The van der Waals surface area contributed by atoms with E-state index >= 15 is 0 Å². The number of nitrogens with zero attached hydrogens (tertiary/aromatic N) is 2. The molecule has 0 aliphatic rings. The summed E-state index contributed by atoms with van der Waals surface area (Å²) in [6.45, 7) is 0. The molecule has 0 saturated heterocycles. The topological polar surface area (TPSA) is 80.6 Å². The van der Waals surface area contributed by atoms with Crippen molar-refractivity contribution in [1.82, 2.24) is 10.4 Å². The van der Waals surface area contributed by atoms with Gasteiger partial charge in [0, 0.05) is 28.0 Å². The van der Waals surface area contributed by atoms with Crippen molar-refractivity contribution < 1.29 is 14.3 Å². The molecule has 3 aromatic rings. The summed E-state index contributed by atoms with van der Waals surface area (Å²) in [5.74, 6) is -0.589. The van der Waals surface area contributed by atoms with Gasteiger partial charge in [-0.3, -0.25) is 9.78 Å². The van der Waals surface area contributed by atoms with Crippen LogP contribution in [0.25, 0.3) is 0 Å². The van der Waals surface area contributed by atoms with Gasteiger partial charge >= 0.3 is 5.97 Å². The van der Waals surface area contributed by atoms with Crippen LogP contribution in [-0.4, -0.2) is 23.1 Å². The molecule has 2 aromatic carbocycles. The highest BCUT2D eigenvalue weighted by atomic mass is 79.9. The predicted molar refractivity (Wildman–Crippen MR) is 113 cm³/mol. The van der Waals surface area contributed by atoms with Crippen molar-refractivity contribution in [3.05, 3.63) is 92.6 Å². The lowest BCUT2D eigenvalue weighted by Crippen LogP contribution is -2.17. The highest BCUT2D eigenvalue weighted by Gasteiger charge is 2.15. The van der Waals surface area contributed by atoms with Crippen LogP contribution in [0.2, 0.25) is 0 Å². The number of pyridine rings is 1. The highest BCUT2D eigenvalue weighted by Crippen LogP contribution is 2.32. The standard InChI is InChI=1S/C20H13Br2N3O3/c21-16-10-15(12-24-25-19(26)13-6-8-23-9-7-13)18(17(22)11-16)28-20(27)14-4-2-1-3-5-14/h1-12H,(H,25,26)/b24-12+. The van der Waals surface area contributed by atoms with Gasteiger partial charge in [-0.2, -0.15) is 5.10 Å². The fourth-order valence-electron chi connectivity index (χ4n) is 2.24. The maximum Gasteiger partial charge on any atom is 0.343 e. The Morgan fingerprint density at radius 2 is 1.71 bits per heavy atom. The number of hydrogen-bond acceptors (Lipinski definition) is 5. The normalized spacial score (nSPS) is 10.6. The SMILES string of the molecule is O=C(N/N=C/c1cc(Br)cc(Br)c1OC(=O)c1ccccc1)c1ccncc1. The predicted octanol–water partition coefficient (Wildman–Crippen LogP) is 4.59. The minimum absolute atomic E-state index is 0.291. The smallest absolute Gasteiger partial charge is 0.343 e. The number of carbonyl (C=O) groups excluding carboxylic acids is 2. The molecule has 0 spiro atoms. The highest BCUT2D eigenvalue weighted by molar-refractivity contribution is 9.11. The second-order valence-electron chi connectivity index (χ2n) is 5.50. The first-order chi connectivity index (χ1) is 13.5. The van der Waals surface area contributed by atoms with Crippen molar-refractivity contribution in [3.8, 4) is 5.75 Å². The van der Waals surface area contributed by atoms with Gasteiger partial charge in [-0.05, 0) is 52.3 Å². The Kier molecular flexibility index (Phi) is 6.67. The summed E-state index contributed by atoms with van der Waals surface area (Å²) in [5, 5.41) is 3.96. The lowest BCUT2D eigenvalue weighted by molar-refractivity contribution is 0.0733. The molecule has 0 fully saturated rings. The van der Waals surface area contributed by atoms with Crippen LogP contribution in [0.4, 0.5) is 0 Å². The van der Waals surface area contributed by atoms with E-state index in [4.69, 9.17) is 4.74 Å². The van der Waals surface area contributed by atoms with Crippen LogP contribution in [0.15, 0.2) is 81.0 Å². The Morgan fingerprint density at radius 3 is 2.43 bits per heavy atom. The third kappa shape index (κ3) is 5.11. The molecule has 140 valence electrons. The molecule has 0 aliphatic heterocycles. The van der Waals surface area contributed by atoms with Crippen LogP contribution < -0.4 is 10.2 Å². The van der Waals surface area contributed by atoms with Crippen molar-refractivity contribution in [1.29, 1.82) is 0 Å². The molecule has 0 atom stereocenters. The quantitative estimate of drug-likeness (QED) is 0.239. The van der Waals surface area contributed by atoms with Gasteiger partial charge in [0.25, 0.3) is 5.91 Å². The van der Waals surface area contributed by atoms with Gasteiger partial charge in [-0.15, -0.1) is 0 Å². The van der Waals surface area contributed by atoms with E-state index in [1.165, 1.54) is 18.6 Å². The van der Waals surface area contributed by atoms with Gasteiger partial charge in [0.2, 0.25) is 0 Å². The van der Waals surface area contributed by atoms with Crippen molar-refractivity contribution in [2.75, 3.05) is 0 Å². The first-order valence-corrected chi connectivity index (χ1v) is 9.63. The van der Waals surface area contributed by atoms with Crippen molar-refractivity contribution in [2.45, 2.75) is 0 Å². The molecule has 3 rings (SSSR count). The Balaban J connectivity index is 1.80. The lowest BCUT2D eigenvalue weighted by atomic mass is 10.2. The van der Waals surface area contributed by atoms with Crippen molar-refractivity contribution in [3.63, 3.8) is 0 Å². The monoisotopic (exact) mass is 501 g/mol. The number of rotatable bonds is 5. The van der Waals surface area contributed by atoms with E-state index in [1.54, 1.807) is 48.5 Å². The third-order valence-corrected chi connectivity index (χ3v) is 4.60. The molecule has 6 nitrogen and oxygen atoms in total. The van der Waals surface area contributed by atoms with Gasteiger partial charge in [-0.25, -0.2) is 10.2 Å². The second kappa shape index (κ2) is 9.38. The summed E-state index contributed by atoms with van der Waals surface area (Å²) in [7, 11) is 0. The fourth-order valence-corrected chi connectivity index (χ4v) is 3.58. The maximum atomic E-state index is 12.4. The van der Waals surface area contributed by atoms with E-state index < -0.39 is 5.97 Å². The molecule has 0 bridgehead atoms. The Hall–Kier alpha value is -2.84. The van der Waals surface area contributed by atoms with Gasteiger partial charge in [0.1, 0.15) is 0 Å². The Morgan fingerprint density at radius 1 is 1.00 bits per heavy atom. The number of hydrazone groups is 1. The summed E-state index contributed by atoms with van der Waals surface area (Å²) in [4.78, 5) is 28.3. The summed E-state index contributed by atoms with van der Waals surface area (Å²) < 4.78 is 6.85. The second-order valence-corrected chi connectivity index (χ2v) is 7.27. The molecule has 0 aliphatic carbocycles. The van der Waals surface area contributed by atoms with E-state index in [0.717, 1.165) is 4.47 Å². The minimum atomic E-state index is -0.501. The number of amides is 1. The Labute approximate surface area is 177 Å². The van der Waals surface area contributed by atoms with E-state index in [1.807, 2.05) is 6.07 Å². The number of benzene rings is 2. The molecule has 1 amide bonds. The van der Waals surface area contributed by atoms with Crippen LogP contribution in [0.5, 0.6) is 5.75 Å². The largest absolute Gasteiger partial charge is 0.421 e. The van der Waals surface area contributed by atoms with E-state index in [-0.39, 0.29) is 5.91 Å². The third-order valence-electron chi connectivity index (χ3n) is 3.55. The molecule has 1 aromatic heterocycles. The molecule has 1 heterocycles. The molecule has 0 saturated carbocycles. The van der Waals surface area contributed by atoms with Crippen LogP contribution >= 0.6 is 31.9 Å². The van der Waals surface area contributed by atoms with E-state index in [9.17, 15) is 9.59 Å². The van der Waals surface area contributed by atoms with Crippen LogP contribution in [-0.2, 0) is 0 Å². The average molecular weight is 503 g/mol. The molecule has 28 heavy (non-hydrogen) atoms. The molecule has 0 unspecified atom stereocenters. The van der Waals surface area contributed by atoms with Crippen LogP contribution in [0.1, 0.15) is 26.3 Å². The number of esters is 1. The first-order valence-electron chi connectivity index (χ1n) is 8.04. The molecular formula is C20H13Br2N3O3. The number of hydrogen-bond donors (Lipinski definition) is 1. The first kappa shape index (κ1) is 19.9. The van der Waals surface area contributed by atoms with Gasteiger partial charge < -0.3 is 4.74 Å². The molecule has 1 N–H and O–H groups in total. The average Bonchev–Trinajstić information content (AvgIpc) is 2.71. The van der Waals surface area contributed by atoms with Gasteiger partial charge in [-0.1, -0.05) is 34.1 Å². The zero-order valence-electron chi connectivity index (χ0n) is 14.3. The molecule has 0 radical (unpaired) electrons. The minimum Gasteiger partial charge on any atom is -0.421 e. The summed E-state index contributed by atoms with van der Waals surface area (Å²) in [6.07, 6.45) is 4.44. The van der Waals surface area contributed by atoms with Crippen molar-refractivity contribution >= 4 is 50.0 Å². The number of nitrogens with one attached hydrogen (secondary N) is 1. The number of halogens is 2.